The first-order valence-electron chi connectivity index (χ1n) is 13.6. The zero-order valence-electron chi connectivity index (χ0n) is 22.2. The van der Waals surface area contributed by atoms with Gasteiger partial charge in [-0.3, -0.25) is 0 Å². The molecular formula is C35H28N4S. The lowest BCUT2D eigenvalue weighted by Gasteiger charge is -2.47. The fraction of sp³-hybridized carbons (Fsp3) is 0.0857. The predicted molar refractivity (Wildman–Crippen MR) is 168 cm³/mol. The number of aryl methyl sites for hydroxylation is 1. The molecule has 0 unspecified atom stereocenters. The van der Waals surface area contributed by atoms with Gasteiger partial charge in [-0.25, -0.2) is 10.0 Å². The van der Waals surface area contributed by atoms with Crippen LogP contribution in [-0.4, -0.2) is 10.8 Å². The highest BCUT2D eigenvalue weighted by molar-refractivity contribution is 8.15. The van der Waals surface area contributed by atoms with Crippen molar-refractivity contribution in [2.45, 2.75) is 18.3 Å². The summed E-state index contributed by atoms with van der Waals surface area (Å²) in [5.74, 6) is 0. The molecule has 7 rings (SSSR count). The lowest BCUT2D eigenvalue weighted by atomic mass is 9.92. The van der Waals surface area contributed by atoms with E-state index in [1.165, 1.54) is 5.56 Å². The highest BCUT2D eigenvalue weighted by atomic mass is 32.2. The van der Waals surface area contributed by atoms with Crippen LogP contribution < -0.4 is 10.0 Å². The normalized spacial score (nSPS) is 17.9. The zero-order chi connectivity index (χ0) is 26.9. The van der Waals surface area contributed by atoms with Crippen molar-refractivity contribution in [2.75, 3.05) is 10.0 Å². The second-order valence-corrected chi connectivity index (χ2v) is 11.0. The number of hydrogen-bond acceptors (Lipinski definition) is 5. The van der Waals surface area contributed by atoms with Gasteiger partial charge in [0.15, 0.2) is 0 Å². The lowest BCUT2D eigenvalue weighted by Crippen LogP contribution is -2.54. The third-order valence-corrected chi connectivity index (χ3v) is 8.76. The summed E-state index contributed by atoms with van der Waals surface area (Å²) < 4.78 is 0. The van der Waals surface area contributed by atoms with Gasteiger partial charge in [-0.2, -0.15) is 10.2 Å². The molecule has 5 aromatic rings. The van der Waals surface area contributed by atoms with Crippen LogP contribution in [-0.2, 0) is 11.4 Å². The second-order valence-electron chi connectivity index (χ2n) is 9.82. The standard InChI is InChI=1S/C35H28N4S/c1-2-26-22-24-27(25-23-26)33-31-20-12-13-21-32(31)35(38(36-33)29-16-8-4-9-17-29)39(30-18-10-5-11-19-30)37-34(40-35)28-14-6-3-7-15-28/h3-25H,2H2,1H3/t35-/m0/s1. The third kappa shape index (κ3) is 4.02. The summed E-state index contributed by atoms with van der Waals surface area (Å²) in [5.41, 5.74) is 8.70. The number of hydrogen-bond donors (Lipinski definition) is 0. The van der Waals surface area contributed by atoms with E-state index in [0.29, 0.717) is 0 Å². The molecule has 2 aliphatic heterocycles. The summed E-state index contributed by atoms with van der Waals surface area (Å²) in [6.07, 6.45) is 1.00. The van der Waals surface area contributed by atoms with Crippen LogP contribution in [0.5, 0.6) is 0 Å². The molecule has 1 spiro atoms. The van der Waals surface area contributed by atoms with Crippen LogP contribution in [0.2, 0.25) is 0 Å². The maximum absolute atomic E-state index is 5.47. The van der Waals surface area contributed by atoms with E-state index >= 15 is 0 Å². The maximum Gasteiger partial charge on any atom is 0.234 e. The minimum atomic E-state index is -0.780. The Hall–Kier alpha value is -4.61. The molecule has 0 radical (unpaired) electrons. The monoisotopic (exact) mass is 536 g/mol. The van der Waals surface area contributed by atoms with Crippen molar-refractivity contribution in [2.24, 2.45) is 10.2 Å². The third-order valence-electron chi connectivity index (χ3n) is 7.39. The number of para-hydroxylation sites is 2. The van der Waals surface area contributed by atoms with Crippen molar-refractivity contribution in [1.29, 1.82) is 0 Å². The first-order valence-corrected chi connectivity index (χ1v) is 14.4. The molecule has 0 fully saturated rings. The van der Waals surface area contributed by atoms with E-state index in [4.69, 9.17) is 10.2 Å². The SMILES string of the molecule is CCc1ccc(C2=NN(c3ccccc3)[C@@]3(SC(c4ccccc4)=NN3c3ccccc3)c3ccccc32)cc1. The van der Waals surface area contributed by atoms with E-state index in [1.807, 2.05) is 18.2 Å². The number of fused-ring (bicyclic) bond motifs is 2. The van der Waals surface area contributed by atoms with Gasteiger partial charge in [0.05, 0.1) is 17.1 Å². The second kappa shape index (κ2) is 10.2. The molecule has 2 heterocycles. The molecule has 0 bridgehead atoms. The van der Waals surface area contributed by atoms with Crippen molar-refractivity contribution < 1.29 is 0 Å². The number of anilines is 2. The Labute approximate surface area is 239 Å². The Morgan fingerprint density at radius 3 is 1.75 bits per heavy atom. The smallest absolute Gasteiger partial charge is 0.223 e. The van der Waals surface area contributed by atoms with Crippen LogP contribution in [0.25, 0.3) is 0 Å². The summed E-state index contributed by atoms with van der Waals surface area (Å²) in [7, 11) is 0. The topological polar surface area (TPSA) is 31.2 Å². The Kier molecular flexibility index (Phi) is 6.21. The summed E-state index contributed by atoms with van der Waals surface area (Å²) in [4.78, 5) is -0.780. The summed E-state index contributed by atoms with van der Waals surface area (Å²) >= 11 is 1.73. The van der Waals surface area contributed by atoms with Gasteiger partial charge in [-0.05, 0) is 48.0 Å². The first kappa shape index (κ1) is 24.4. The van der Waals surface area contributed by atoms with Crippen LogP contribution in [0.4, 0.5) is 11.4 Å². The minimum absolute atomic E-state index is 0.780. The molecule has 1 atom stereocenters. The quantitative estimate of drug-likeness (QED) is 0.227. The van der Waals surface area contributed by atoms with Gasteiger partial charge >= 0.3 is 0 Å². The van der Waals surface area contributed by atoms with Crippen molar-refractivity contribution in [3.63, 3.8) is 0 Å². The van der Waals surface area contributed by atoms with Gasteiger partial charge < -0.3 is 0 Å². The van der Waals surface area contributed by atoms with Gasteiger partial charge in [-0.15, -0.1) is 0 Å². The molecule has 0 amide bonds. The Balaban J connectivity index is 1.50. The minimum Gasteiger partial charge on any atom is -0.223 e. The van der Waals surface area contributed by atoms with Crippen molar-refractivity contribution in [3.8, 4) is 0 Å². The van der Waals surface area contributed by atoms with Crippen molar-refractivity contribution in [1.82, 2.24) is 0 Å². The summed E-state index contributed by atoms with van der Waals surface area (Å²) in [6.45, 7) is 2.18. The van der Waals surface area contributed by atoms with Crippen LogP contribution in [0.3, 0.4) is 0 Å². The number of benzene rings is 5. The maximum atomic E-state index is 5.47. The first-order chi connectivity index (χ1) is 19.8. The molecule has 2 aliphatic rings. The molecule has 0 saturated heterocycles. The Morgan fingerprint density at radius 1 is 0.575 bits per heavy atom. The predicted octanol–water partition coefficient (Wildman–Crippen LogP) is 8.25. The van der Waals surface area contributed by atoms with Crippen LogP contribution in [0, 0.1) is 0 Å². The summed E-state index contributed by atoms with van der Waals surface area (Å²) in [5, 5.41) is 16.0. The highest BCUT2D eigenvalue weighted by Gasteiger charge is 2.55. The number of nitrogens with zero attached hydrogens (tertiary/aromatic N) is 4. The van der Waals surface area contributed by atoms with Crippen LogP contribution in [0.15, 0.2) is 150 Å². The molecule has 40 heavy (non-hydrogen) atoms. The van der Waals surface area contributed by atoms with E-state index in [1.54, 1.807) is 11.8 Å². The molecule has 0 aromatic heterocycles. The van der Waals surface area contributed by atoms with Gasteiger partial charge in [0, 0.05) is 22.3 Å². The molecular weight excluding hydrogens is 508 g/mol. The zero-order valence-corrected chi connectivity index (χ0v) is 23.0. The summed E-state index contributed by atoms with van der Waals surface area (Å²) in [6, 6.07) is 48.7. The molecule has 5 aromatic carbocycles. The van der Waals surface area contributed by atoms with E-state index in [-0.39, 0.29) is 0 Å². The Morgan fingerprint density at radius 2 is 1.12 bits per heavy atom. The fourth-order valence-electron chi connectivity index (χ4n) is 5.38. The molecule has 5 heteroatoms. The Bertz CT molecular complexity index is 1700. The molecule has 0 aliphatic carbocycles. The van der Waals surface area contributed by atoms with Gasteiger partial charge in [0.25, 0.3) is 0 Å². The van der Waals surface area contributed by atoms with Gasteiger partial charge in [0.1, 0.15) is 5.04 Å². The van der Waals surface area contributed by atoms with Crippen LogP contribution in [0.1, 0.15) is 34.7 Å². The van der Waals surface area contributed by atoms with E-state index < -0.39 is 4.99 Å². The van der Waals surface area contributed by atoms with Gasteiger partial charge in [0.2, 0.25) is 4.99 Å². The average molecular weight is 537 g/mol. The average Bonchev–Trinajstić information content (AvgIpc) is 3.44. The number of rotatable bonds is 5. The number of thioether (sulfide) groups is 1. The highest BCUT2D eigenvalue weighted by Crippen LogP contribution is 2.55. The molecule has 194 valence electrons. The molecule has 0 N–H and O–H groups in total. The fourth-order valence-corrected chi connectivity index (χ4v) is 6.78. The van der Waals surface area contributed by atoms with Crippen LogP contribution >= 0.6 is 11.8 Å². The lowest BCUT2D eigenvalue weighted by molar-refractivity contribution is 0.550. The van der Waals surface area contributed by atoms with Crippen molar-refractivity contribution >= 4 is 33.9 Å². The van der Waals surface area contributed by atoms with E-state index in [0.717, 1.165) is 50.8 Å². The van der Waals surface area contributed by atoms with E-state index in [2.05, 4.69) is 138 Å². The largest absolute Gasteiger partial charge is 0.234 e. The number of hydrazone groups is 2. The molecule has 4 nitrogen and oxygen atoms in total. The van der Waals surface area contributed by atoms with E-state index in [9.17, 15) is 0 Å². The van der Waals surface area contributed by atoms with Crippen molar-refractivity contribution in [3.05, 3.63) is 167 Å². The molecule has 0 saturated carbocycles. The van der Waals surface area contributed by atoms with Gasteiger partial charge in [-0.1, -0.05) is 122 Å².